The lowest BCUT2D eigenvalue weighted by molar-refractivity contribution is 0.0886. The van der Waals surface area contributed by atoms with E-state index >= 15 is 0 Å². The average molecular weight is 291 g/mol. The van der Waals surface area contributed by atoms with Crippen molar-refractivity contribution >= 4 is 23.1 Å². The number of nitrogens with zero attached hydrogens (tertiary/aromatic N) is 1. The molecule has 0 radical (unpaired) electrons. The Bertz CT molecular complexity index is 500. The largest absolute Gasteiger partial charge is 0.389 e. The maximum Gasteiger partial charge on any atom is 0.270 e. The van der Waals surface area contributed by atoms with Gasteiger partial charge in [0.1, 0.15) is 10.7 Å². The summed E-state index contributed by atoms with van der Waals surface area (Å²) in [5.74, 6) is 1.04. The van der Waals surface area contributed by atoms with E-state index in [9.17, 15) is 4.79 Å². The highest BCUT2D eigenvalue weighted by Crippen LogP contribution is 2.29. The molecule has 0 aromatic carbocycles. The van der Waals surface area contributed by atoms with Crippen LogP contribution in [0.3, 0.4) is 0 Å². The van der Waals surface area contributed by atoms with Gasteiger partial charge in [-0.05, 0) is 30.4 Å². The van der Waals surface area contributed by atoms with Crippen LogP contribution in [0.25, 0.3) is 0 Å². The fourth-order valence-corrected chi connectivity index (χ4v) is 2.82. The summed E-state index contributed by atoms with van der Waals surface area (Å²) in [5, 5.41) is 3.10. The Morgan fingerprint density at radius 2 is 2.15 bits per heavy atom. The summed E-state index contributed by atoms with van der Waals surface area (Å²) in [5.41, 5.74) is 6.60. The number of thiocarbonyl (C=S) groups is 1. The second-order valence-electron chi connectivity index (χ2n) is 5.64. The molecule has 20 heavy (non-hydrogen) atoms. The summed E-state index contributed by atoms with van der Waals surface area (Å²) in [6, 6.07) is 3.64. The predicted octanol–water partition coefficient (Wildman–Crippen LogP) is 2.27. The molecule has 0 aliphatic heterocycles. The fourth-order valence-electron chi connectivity index (χ4n) is 2.70. The number of carbonyl (C=O) groups is 1. The molecule has 3 atom stereocenters. The van der Waals surface area contributed by atoms with Gasteiger partial charge in [-0.15, -0.1) is 0 Å². The number of amides is 1. The van der Waals surface area contributed by atoms with Crippen LogP contribution in [0.2, 0.25) is 0 Å². The van der Waals surface area contributed by atoms with E-state index in [4.69, 9.17) is 18.0 Å². The topological polar surface area (TPSA) is 68.0 Å². The second-order valence-corrected chi connectivity index (χ2v) is 6.08. The molecule has 1 fully saturated rings. The number of hydrogen-bond donors (Lipinski definition) is 2. The van der Waals surface area contributed by atoms with Gasteiger partial charge in [0.2, 0.25) is 0 Å². The Kier molecular flexibility index (Phi) is 4.70. The van der Waals surface area contributed by atoms with Gasteiger partial charge >= 0.3 is 0 Å². The average Bonchev–Trinajstić information content (AvgIpc) is 2.44. The smallest absolute Gasteiger partial charge is 0.270 e. The van der Waals surface area contributed by atoms with Crippen LogP contribution >= 0.6 is 12.2 Å². The first kappa shape index (κ1) is 14.9. The molecule has 0 bridgehead atoms. The highest BCUT2D eigenvalue weighted by Gasteiger charge is 2.28. The Morgan fingerprint density at radius 1 is 1.40 bits per heavy atom. The van der Waals surface area contributed by atoms with Crippen molar-refractivity contribution in [2.24, 2.45) is 17.6 Å². The summed E-state index contributed by atoms with van der Waals surface area (Å²) in [7, 11) is 0. The summed E-state index contributed by atoms with van der Waals surface area (Å²) in [6.45, 7) is 4.45. The minimum absolute atomic E-state index is 0.120. The molecule has 1 aromatic heterocycles. The maximum absolute atomic E-state index is 12.2. The minimum atomic E-state index is -0.120. The van der Waals surface area contributed by atoms with Crippen molar-refractivity contribution in [2.75, 3.05) is 0 Å². The third-order valence-corrected chi connectivity index (χ3v) is 4.54. The zero-order valence-electron chi connectivity index (χ0n) is 11.9. The first-order valence-corrected chi connectivity index (χ1v) is 7.46. The van der Waals surface area contributed by atoms with Crippen molar-refractivity contribution in [1.82, 2.24) is 10.3 Å². The van der Waals surface area contributed by atoms with Gasteiger partial charge in [-0.3, -0.25) is 9.78 Å². The van der Waals surface area contributed by atoms with Gasteiger partial charge in [0.25, 0.3) is 5.91 Å². The van der Waals surface area contributed by atoms with Gasteiger partial charge in [0.15, 0.2) is 0 Å². The van der Waals surface area contributed by atoms with E-state index in [2.05, 4.69) is 24.1 Å². The summed E-state index contributed by atoms with van der Waals surface area (Å²) in [4.78, 5) is 16.6. The zero-order chi connectivity index (χ0) is 14.7. The summed E-state index contributed by atoms with van der Waals surface area (Å²) in [6.07, 6.45) is 5.01. The maximum atomic E-state index is 12.2. The van der Waals surface area contributed by atoms with E-state index in [0.29, 0.717) is 28.1 Å². The van der Waals surface area contributed by atoms with Crippen LogP contribution in [0.1, 0.15) is 49.2 Å². The van der Waals surface area contributed by atoms with Crippen LogP contribution in [-0.4, -0.2) is 21.9 Å². The van der Waals surface area contributed by atoms with Crippen LogP contribution in [-0.2, 0) is 0 Å². The molecular formula is C15H21N3OS. The van der Waals surface area contributed by atoms with Crippen molar-refractivity contribution in [3.05, 3.63) is 29.6 Å². The second kappa shape index (κ2) is 6.31. The summed E-state index contributed by atoms with van der Waals surface area (Å²) >= 11 is 4.87. The lowest BCUT2D eigenvalue weighted by Crippen LogP contribution is -2.43. The van der Waals surface area contributed by atoms with Gasteiger partial charge in [-0.2, -0.15) is 0 Å². The third kappa shape index (κ3) is 3.33. The van der Waals surface area contributed by atoms with E-state index in [-0.39, 0.29) is 11.9 Å². The quantitative estimate of drug-likeness (QED) is 0.838. The number of nitrogens with one attached hydrogen (secondary N) is 1. The molecule has 1 saturated carbocycles. The molecule has 5 heteroatoms. The number of hydrogen-bond acceptors (Lipinski definition) is 3. The monoisotopic (exact) mass is 291 g/mol. The Morgan fingerprint density at radius 3 is 2.75 bits per heavy atom. The minimum Gasteiger partial charge on any atom is -0.389 e. The van der Waals surface area contributed by atoms with E-state index in [1.165, 1.54) is 12.8 Å². The number of nitrogens with two attached hydrogens (primary N) is 1. The lowest BCUT2D eigenvalue weighted by Gasteiger charge is -2.34. The highest BCUT2D eigenvalue weighted by molar-refractivity contribution is 7.80. The van der Waals surface area contributed by atoms with Gasteiger partial charge < -0.3 is 11.1 Å². The molecule has 4 nitrogen and oxygen atoms in total. The Labute approximate surface area is 125 Å². The lowest BCUT2D eigenvalue weighted by atomic mass is 9.78. The van der Waals surface area contributed by atoms with Crippen molar-refractivity contribution < 1.29 is 4.79 Å². The van der Waals surface area contributed by atoms with Crippen LogP contribution in [0.5, 0.6) is 0 Å². The standard InChI is InChI=1S/C15H21N3OS/c1-9-4-3-5-12(10(9)2)18-15(19)13-7-6-11(8-17-13)14(16)20/h6-10,12H,3-5H2,1-2H3,(H2,16,20)(H,18,19). The van der Waals surface area contributed by atoms with Gasteiger partial charge in [-0.25, -0.2) is 0 Å². The molecule has 1 amide bonds. The van der Waals surface area contributed by atoms with Crippen LogP contribution in [0, 0.1) is 11.8 Å². The van der Waals surface area contributed by atoms with Crippen molar-refractivity contribution in [2.45, 2.75) is 39.2 Å². The van der Waals surface area contributed by atoms with E-state index < -0.39 is 0 Å². The molecule has 0 saturated heterocycles. The molecule has 1 aliphatic carbocycles. The van der Waals surface area contributed by atoms with Crippen molar-refractivity contribution in [1.29, 1.82) is 0 Å². The fraction of sp³-hybridized carbons (Fsp3) is 0.533. The van der Waals surface area contributed by atoms with E-state index in [0.717, 1.165) is 6.42 Å². The molecule has 0 spiro atoms. The number of carbonyl (C=O) groups excluding carboxylic acids is 1. The van der Waals surface area contributed by atoms with Crippen LogP contribution in [0.4, 0.5) is 0 Å². The number of aromatic nitrogens is 1. The summed E-state index contributed by atoms with van der Waals surface area (Å²) < 4.78 is 0. The van der Waals surface area contributed by atoms with E-state index in [1.807, 2.05) is 0 Å². The predicted molar refractivity (Wildman–Crippen MR) is 83.6 cm³/mol. The van der Waals surface area contributed by atoms with E-state index in [1.54, 1.807) is 18.3 Å². The molecule has 1 heterocycles. The van der Waals surface area contributed by atoms with Gasteiger partial charge in [0.05, 0.1) is 0 Å². The number of pyridine rings is 1. The van der Waals surface area contributed by atoms with Crippen LogP contribution < -0.4 is 11.1 Å². The van der Waals surface area contributed by atoms with Crippen molar-refractivity contribution in [3.8, 4) is 0 Å². The molecule has 108 valence electrons. The molecular weight excluding hydrogens is 270 g/mol. The first-order valence-electron chi connectivity index (χ1n) is 7.05. The first-order chi connectivity index (χ1) is 9.49. The molecule has 3 unspecified atom stereocenters. The van der Waals surface area contributed by atoms with Crippen molar-refractivity contribution in [3.63, 3.8) is 0 Å². The molecule has 2 rings (SSSR count). The zero-order valence-corrected chi connectivity index (χ0v) is 12.7. The normalized spacial score (nSPS) is 26.0. The Balaban J connectivity index is 2.02. The molecule has 1 aromatic rings. The molecule has 3 N–H and O–H groups in total. The Hall–Kier alpha value is -1.49. The van der Waals surface area contributed by atoms with Gasteiger partial charge in [-0.1, -0.05) is 38.9 Å². The van der Waals surface area contributed by atoms with Gasteiger partial charge in [0, 0.05) is 17.8 Å². The highest BCUT2D eigenvalue weighted by atomic mass is 32.1. The van der Waals surface area contributed by atoms with Crippen LogP contribution in [0.15, 0.2) is 18.3 Å². The molecule has 1 aliphatic rings. The third-order valence-electron chi connectivity index (χ3n) is 4.30. The number of rotatable bonds is 3. The SMILES string of the molecule is CC1CCCC(NC(=O)c2ccc(C(N)=S)cn2)C1C.